The quantitative estimate of drug-likeness (QED) is 0.180. The molecule has 1 amide bonds. The van der Waals surface area contributed by atoms with E-state index < -0.39 is 0 Å². The molecule has 1 aromatic heterocycles. The summed E-state index contributed by atoms with van der Waals surface area (Å²) in [6.45, 7) is 7.29. The number of benzene rings is 3. The largest absolute Gasteiger partial charge is 0.494 e. The monoisotopic (exact) mass is 566 g/mol. The van der Waals surface area contributed by atoms with Crippen molar-refractivity contribution in [2.75, 3.05) is 56.9 Å². The number of ether oxygens (including phenoxy) is 2. The fraction of sp³-hybridized carbons (Fsp3) is 0.242. The average molecular weight is 567 g/mol. The van der Waals surface area contributed by atoms with Gasteiger partial charge in [0.1, 0.15) is 17.2 Å². The second-order valence-electron chi connectivity index (χ2n) is 9.98. The first-order chi connectivity index (χ1) is 20.3. The molecule has 0 aliphatic rings. The van der Waals surface area contributed by atoms with E-state index in [4.69, 9.17) is 14.5 Å². The van der Waals surface area contributed by atoms with Crippen LogP contribution in [0.3, 0.4) is 0 Å². The Morgan fingerprint density at radius 2 is 1.79 bits per heavy atom. The number of likely N-dealkylation sites (N-methyl/N-ethyl adjacent to an activating group) is 2. The van der Waals surface area contributed by atoms with Crippen molar-refractivity contribution in [1.82, 2.24) is 14.9 Å². The van der Waals surface area contributed by atoms with Gasteiger partial charge in [0, 0.05) is 38.0 Å². The van der Waals surface area contributed by atoms with Gasteiger partial charge in [-0.25, -0.2) is 9.97 Å². The molecule has 0 fully saturated rings. The van der Waals surface area contributed by atoms with Crippen LogP contribution in [0.2, 0.25) is 0 Å². The van der Waals surface area contributed by atoms with Crippen LogP contribution in [0, 0.1) is 0 Å². The molecule has 0 radical (unpaired) electrons. The van der Waals surface area contributed by atoms with Crippen molar-refractivity contribution in [3.63, 3.8) is 0 Å². The highest BCUT2D eigenvalue weighted by molar-refractivity contribution is 6.02. The Bertz CT molecular complexity index is 1540. The number of rotatable bonds is 13. The number of methoxy groups -OCH3 is 1. The minimum absolute atomic E-state index is 0.312. The molecule has 0 aliphatic heterocycles. The fourth-order valence-corrected chi connectivity index (χ4v) is 4.32. The lowest BCUT2D eigenvalue weighted by molar-refractivity contribution is -0.111. The van der Waals surface area contributed by atoms with Crippen LogP contribution in [-0.4, -0.2) is 62.1 Å². The topological polar surface area (TPSA) is 91.8 Å². The van der Waals surface area contributed by atoms with Crippen molar-refractivity contribution < 1.29 is 14.3 Å². The van der Waals surface area contributed by atoms with Crippen LogP contribution in [-0.2, 0) is 11.2 Å². The van der Waals surface area contributed by atoms with E-state index in [1.807, 2.05) is 81.8 Å². The maximum atomic E-state index is 12.3. The van der Waals surface area contributed by atoms with Crippen molar-refractivity contribution in [2.24, 2.45) is 0 Å². The lowest BCUT2D eigenvalue weighted by Gasteiger charge is -2.26. The molecule has 2 N–H and O–H groups in total. The Labute approximate surface area is 247 Å². The third-order valence-electron chi connectivity index (χ3n) is 6.65. The summed E-state index contributed by atoms with van der Waals surface area (Å²) in [5.74, 6) is 2.08. The summed E-state index contributed by atoms with van der Waals surface area (Å²) in [6, 6.07) is 21.4. The molecule has 42 heavy (non-hydrogen) atoms. The first-order valence-electron chi connectivity index (χ1n) is 13.8. The molecule has 0 atom stereocenters. The highest BCUT2D eigenvalue weighted by atomic mass is 16.5. The van der Waals surface area contributed by atoms with Gasteiger partial charge >= 0.3 is 0 Å². The molecular formula is C33H38N6O3. The normalized spacial score (nSPS) is 10.7. The number of nitrogens with zero attached hydrogens (tertiary/aromatic N) is 4. The van der Waals surface area contributed by atoms with Gasteiger partial charge in [-0.3, -0.25) is 4.79 Å². The Kier molecular flexibility index (Phi) is 10.1. The molecule has 4 rings (SSSR count). The number of aromatic nitrogens is 2. The summed E-state index contributed by atoms with van der Waals surface area (Å²) in [5.41, 5.74) is 4.73. The van der Waals surface area contributed by atoms with E-state index in [1.54, 1.807) is 13.3 Å². The molecular weight excluding hydrogens is 528 g/mol. The van der Waals surface area contributed by atoms with Crippen LogP contribution in [0.4, 0.5) is 23.0 Å². The summed E-state index contributed by atoms with van der Waals surface area (Å²) < 4.78 is 12.0. The smallest absolute Gasteiger partial charge is 0.247 e. The molecule has 0 aliphatic carbocycles. The maximum Gasteiger partial charge on any atom is 0.247 e. The Morgan fingerprint density at radius 1 is 0.976 bits per heavy atom. The number of para-hydroxylation sites is 1. The highest BCUT2D eigenvalue weighted by Gasteiger charge is 2.17. The summed E-state index contributed by atoms with van der Waals surface area (Å²) in [5, 5.41) is 6.19. The molecule has 0 unspecified atom stereocenters. The van der Waals surface area contributed by atoms with Gasteiger partial charge in [-0.15, -0.1) is 0 Å². The SMILES string of the molecule is C=CC(=O)Nc1cc(Nc2nccc(-c3ccccc3Oc3cccc(CC)c3)n2)c(OC)cc1N(C)CCN(C)C. The van der Waals surface area contributed by atoms with Gasteiger partial charge in [-0.05, 0) is 68.6 Å². The molecule has 9 heteroatoms. The predicted octanol–water partition coefficient (Wildman–Crippen LogP) is 6.37. The number of aryl methyl sites for hydroxylation is 1. The van der Waals surface area contributed by atoms with Gasteiger partial charge in [-0.1, -0.05) is 37.8 Å². The first-order valence-corrected chi connectivity index (χ1v) is 13.8. The van der Waals surface area contributed by atoms with Crippen molar-refractivity contribution >= 4 is 28.9 Å². The molecule has 0 spiro atoms. The van der Waals surface area contributed by atoms with E-state index in [9.17, 15) is 4.79 Å². The van der Waals surface area contributed by atoms with Crippen LogP contribution in [0.25, 0.3) is 11.3 Å². The number of hydrogen-bond donors (Lipinski definition) is 2. The molecule has 0 bridgehead atoms. The second kappa shape index (κ2) is 14.1. The molecule has 1 heterocycles. The molecule has 0 saturated carbocycles. The summed E-state index contributed by atoms with van der Waals surface area (Å²) >= 11 is 0. The van der Waals surface area contributed by atoms with Crippen molar-refractivity contribution in [2.45, 2.75) is 13.3 Å². The number of carbonyl (C=O) groups excluding carboxylic acids is 1. The first kappa shape index (κ1) is 30.1. The van der Waals surface area contributed by atoms with E-state index in [0.717, 1.165) is 36.5 Å². The lowest BCUT2D eigenvalue weighted by Crippen LogP contribution is -2.29. The number of nitrogens with one attached hydrogen (secondary N) is 2. The number of hydrogen-bond acceptors (Lipinski definition) is 8. The van der Waals surface area contributed by atoms with Crippen molar-refractivity contribution in [1.29, 1.82) is 0 Å². The van der Waals surface area contributed by atoms with Crippen molar-refractivity contribution in [3.05, 3.63) is 91.1 Å². The van der Waals surface area contributed by atoms with Crippen LogP contribution in [0.15, 0.2) is 85.6 Å². The third-order valence-corrected chi connectivity index (χ3v) is 6.65. The Balaban J connectivity index is 1.66. The van der Waals surface area contributed by atoms with Gasteiger partial charge < -0.3 is 29.9 Å². The van der Waals surface area contributed by atoms with Crippen LogP contribution in [0.1, 0.15) is 12.5 Å². The Hall–Kier alpha value is -4.89. The van der Waals surface area contributed by atoms with E-state index in [0.29, 0.717) is 34.5 Å². The highest BCUT2D eigenvalue weighted by Crippen LogP contribution is 2.38. The average Bonchev–Trinajstić information content (AvgIpc) is 3.00. The van der Waals surface area contributed by atoms with E-state index in [2.05, 4.69) is 45.0 Å². The summed E-state index contributed by atoms with van der Waals surface area (Å²) in [4.78, 5) is 25.7. The molecule has 9 nitrogen and oxygen atoms in total. The maximum absolute atomic E-state index is 12.3. The second-order valence-corrected chi connectivity index (χ2v) is 9.98. The summed E-state index contributed by atoms with van der Waals surface area (Å²) in [6.07, 6.45) is 3.86. The number of carbonyl (C=O) groups is 1. The van der Waals surface area contributed by atoms with E-state index in [-0.39, 0.29) is 5.91 Å². The van der Waals surface area contributed by atoms with Crippen molar-refractivity contribution in [3.8, 4) is 28.5 Å². The van der Waals surface area contributed by atoms with Crippen LogP contribution in [0.5, 0.6) is 17.2 Å². The number of anilines is 4. The molecule has 4 aromatic rings. The third kappa shape index (κ3) is 7.64. The van der Waals surface area contributed by atoms with Crippen LogP contribution >= 0.6 is 0 Å². The van der Waals surface area contributed by atoms with Gasteiger partial charge in [0.15, 0.2) is 0 Å². The van der Waals surface area contributed by atoms with E-state index >= 15 is 0 Å². The van der Waals surface area contributed by atoms with Crippen LogP contribution < -0.4 is 25.0 Å². The lowest BCUT2D eigenvalue weighted by atomic mass is 10.1. The van der Waals surface area contributed by atoms with Gasteiger partial charge in [0.05, 0.1) is 29.9 Å². The predicted molar refractivity (Wildman–Crippen MR) is 170 cm³/mol. The zero-order valence-electron chi connectivity index (χ0n) is 24.8. The van der Waals surface area contributed by atoms with Gasteiger partial charge in [0.2, 0.25) is 11.9 Å². The summed E-state index contributed by atoms with van der Waals surface area (Å²) in [7, 11) is 7.61. The standard InChI is InChI=1S/C33H38N6O3/c1-7-23-12-11-13-24(20-23)42-30-15-10-9-14-25(30)26-16-17-34-33(36-26)37-28-21-27(35-32(40)8-2)29(22-31(28)41-6)39(5)19-18-38(3)4/h8-17,20-22H,2,7,18-19H2,1,3-6H3,(H,35,40)(H,34,36,37). The van der Waals surface area contributed by atoms with E-state index in [1.165, 1.54) is 11.6 Å². The molecule has 218 valence electrons. The van der Waals surface area contributed by atoms with Gasteiger partial charge in [-0.2, -0.15) is 0 Å². The zero-order chi connectivity index (χ0) is 30.1. The minimum Gasteiger partial charge on any atom is -0.494 e. The van der Waals surface area contributed by atoms with Gasteiger partial charge in [0.25, 0.3) is 0 Å². The molecule has 3 aromatic carbocycles. The number of amides is 1. The molecule has 0 saturated heterocycles. The zero-order valence-corrected chi connectivity index (χ0v) is 24.8. The fourth-order valence-electron chi connectivity index (χ4n) is 4.32. The minimum atomic E-state index is -0.312. The Morgan fingerprint density at radius 3 is 2.52 bits per heavy atom.